The van der Waals surface area contributed by atoms with Gasteiger partial charge in [-0.3, -0.25) is 9.59 Å². The van der Waals surface area contributed by atoms with Crippen LogP contribution in [0.3, 0.4) is 0 Å². The predicted molar refractivity (Wildman–Crippen MR) is 120 cm³/mol. The van der Waals surface area contributed by atoms with Crippen LogP contribution in [0, 0.1) is 5.92 Å². The number of amides is 2. The molecular weight excluding hydrogens is 463 g/mol. The Bertz CT molecular complexity index is 1410. The molecule has 1 fully saturated rings. The van der Waals surface area contributed by atoms with Gasteiger partial charge in [-0.2, -0.15) is 13.2 Å². The van der Waals surface area contributed by atoms with Crippen molar-refractivity contribution in [2.24, 2.45) is 5.92 Å². The molecule has 1 aliphatic carbocycles. The van der Waals surface area contributed by atoms with Crippen molar-refractivity contribution >= 4 is 29.0 Å². The van der Waals surface area contributed by atoms with E-state index in [4.69, 9.17) is 4.74 Å². The van der Waals surface area contributed by atoms with E-state index in [0.29, 0.717) is 17.1 Å². The molecule has 0 atom stereocenters. The first kappa shape index (κ1) is 22.4. The molecule has 35 heavy (non-hydrogen) atoms. The van der Waals surface area contributed by atoms with Crippen LogP contribution in [-0.2, 0) is 11.0 Å². The van der Waals surface area contributed by atoms with E-state index in [2.05, 4.69) is 20.7 Å². The third-order valence-corrected chi connectivity index (χ3v) is 5.28. The molecule has 2 heterocycles. The zero-order chi connectivity index (χ0) is 24.6. The summed E-state index contributed by atoms with van der Waals surface area (Å²) < 4.78 is 45.3. The highest BCUT2D eigenvalue weighted by Gasteiger charge is 2.30. The first-order chi connectivity index (χ1) is 16.7. The van der Waals surface area contributed by atoms with Gasteiger partial charge in [0.25, 0.3) is 5.91 Å². The Morgan fingerprint density at radius 3 is 2.49 bits per heavy atom. The van der Waals surface area contributed by atoms with E-state index < -0.39 is 17.6 Å². The Morgan fingerprint density at radius 1 is 1.00 bits per heavy atom. The fourth-order valence-corrected chi connectivity index (χ4v) is 3.33. The molecule has 0 saturated heterocycles. The van der Waals surface area contributed by atoms with E-state index in [1.54, 1.807) is 36.4 Å². The van der Waals surface area contributed by atoms with Crippen molar-refractivity contribution in [1.29, 1.82) is 0 Å². The van der Waals surface area contributed by atoms with Gasteiger partial charge >= 0.3 is 6.18 Å². The van der Waals surface area contributed by atoms with Gasteiger partial charge in [0.2, 0.25) is 11.8 Å². The molecule has 8 nitrogen and oxygen atoms in total. The molecule has 178 valence electrons. The molecular formula is C24H18F3N5O3. The van der Waals surface area contributed by atoms with Gasteiger partial charge < -0.3 is 15.4 Å². The number of nitrogens with one attached hydrogen (secondary N) is 2. The van der Waals surface area contributed by atoms with Crippen LogP contribution in [0.2, 0.25) is 0 Å². The van der Waals surface area contributed by atoms with Crippen LogP contribution in [0.5, 0.6) is 11.6 Å². The SMILES string of the molecule is O=C(Nc1cn2nc(Oc3cccc(NC(=O)C4CC4)c3)ccc2n1)c1ccc(C(F)(F)F)cc1. The highest BCUT2D eigenvalue weighted by atomic mass is 19.4. The van der Waals surface area contributed by atoms with Crippen molar-refractivity contribution < 1.29 is 27.5 Å². The lowest BCUT2D eigenvalue weighted by Crippen LogP contribution is -2.13. The minimum Gasteiger partial charge on any atom is -0.438 e. The highest BCUT2D eigenvalue weighted by Crippen LogP contribution is 2.31. The molecule has 2 aromatic heterocycles. The van der Waals surface area contributed by atoms with Gasteiger partial charge in [0.15, 0.2) is 11.5 Å². The van der Waals surface area contributed by atoms with Gasteiger partial charge in [-0.1, -0.05) is 6.07 Å². The summed E-state index contributed by atoms with van der Waals surface area (Å²) in [6.45, 7) is 0. The fourth-order valence-electron chi connectivity index (χ4n) is 3.33. The van der Waals surface area contributed by atoms with E-state index >= 15 is 0 Å². The zero-order valence-corrected chi connectivity index (χ0v) is 18.0. The number of anilines is 2. The van der Waals surface area contributed by atoms with Crippen LogP contribution >= 0.6 is 0 Å². The summed E-state index contributed by atoms with van der Waals surface area (Å²) in [5.41, 5.74) is 0.261. The van der Waals surface area contributed by atoms with Crippen LogP contribution in [0.4, 0.5) is 24.7 Å². The van der Waals surface area contributed by atoms with Crippen molar-refractivity contribution in [3.63, 3.8) is 0 Å². The number of alkyl halides is 3. The molecule has 5 rings (SSSR count). The Hall–Kier alpha value is -4.41. The average molecular weight is 481 g/mol. The topological polar surface area (TPSA) is 97.6 Å². The van der Waals surface area contributed by atoms with Crippen molar-refractivity contribution in [2.75, 3.05) is 10.6 Å². The predicted octanol–water partition coefficient (Wildman–Crippen LogP) is 5.14. The van der Waals surface area contributed by atoms with Crippen molar-refractivity contribution in [3.05, 3.63) is 78.0 Å². The Labute approximate surface area is 196 Å². The summed E-state index contributed by atoms with van der Waals surface area (Å²) in [7, 11) is 0. The van der Waals surface area contributed by atoms with Gasteiger partial charge in [0.05, 0.1) is 11.8 Å². The van der Waals surface area contributed by atoms with Crippen LogP contribution in [0.1, 0.15) is 28.8 Å². The summed E-state index contributed by atoms with van der Waals surface area (Å²) in [6.07, 6.45) is -1.21. The number of halogens is 3. The minimum atomic E-state index is -4.48. The number of hydrogen-bond acceptors (Lipinski definition) is 5. The highest BCUT2D eigenvalue weighted by molar-refractivity contribution is 6.03. The lowest BCUT2D eigenvalue weighted by molar-refractivity contribution is -0.137. The second-order valence-electron chi connectivity index (χ2n) is 8.02. The lowest BCUT2D eigenvalue weighted by atomic mass is 10.1. The van der Waals surface area contributed by atoms with E-state index in [9.17, 15) is 22.8 Å². The Morgan fingerprint density at radius 2 is 1.77 bits per heavy atom. The molecule has 0 unspecified atom stereocenters. The van der Waals surface area contributed by atoms with Crippen LogP contribution in [0.25, 0.3) is 5.65 Å². The van der Waals surface area contributed by atoms with E-state index in [0.717, 1.165) is 37.1 Å². The summed E-state index contributed by atoms with van der Waals surface area (Å²) in [6, 6.07) is 14.0. The molecule has 0 aliphatic heterocycles. The number of hydrogen-bond donors (Lipinski definition) is 2. The number of nitrogens with zero attached hydrogens (tertiary/aromatic N) is 3. The quantitative estimate of drug-likeness (QED) is 0.397. The second-order valence-corrected chi connectivity index (χ2v) is 8.02. The Kier molecular flexibility index (Phi) is 5.59. The molecule has 0 radical (unpaired) electrons. The maximum absolute atomic E-state index is 12.7. The monoisotopic (exact) mass is 481 g/mol. The largest absolute Gasteiger partial charge is 0.438 e. The molecule has 4 aromatic rings. The van der Waals surface area contributed by atoms with Crippen molar-refractivity contribution in [2.45, 2.75) is 19.0 Å². The molecule has 11 heteroatoms. The molecule has 1 saturated carbocycles. The number of rotatable bonds is 6. The second kappa shape index (κ2) is 8.75. The standard InChI is InChI=1S/C24H18F3N5O3/c25-24(26,27)16-8-6-15(7-9-16)23(34)30-19-13-32-20(29-19)10-11-21(31-32)35-18-3-1-2-17(12-18)28-22(33)14-4-5-14/h1-3,6-14H,4-5H2,(H,28,33)(H,30,34). The molecule has 0 spiro atoms. The summed E-state index contributed by atoms with van der Waals surface area (Å²) >= 11 is 0. The summed E-state index contributed by atoms with van der Waals surface area (Å²) in [4.78, 5) is 28.6. The number of aromatic nitrogens is 3. The normalized spacial score (nSPS) is 13.5. The third-order valence-electron chi connectivity index (χ3n) is 5.28. The maximum atomic E-state index is 12.7. The molecule has 0 bridgehead atoms. The lowest BCUT2D eigenvalue weighted by Gasteiger charge is -2.08. The van der Waals surface area contributed by atoms with E-state index in [-0.39, 0.29) is 29.1 Å². The number of carbonyl (C=O) groups is 2. The van der Waals surface area contributed by atoms with Crippen LogP contribution < -0.4 is 15.4 Å². The molecule has 2 amide bonds. The van der Waals surface area contributed by atoms with Gasteiger partial charge in [0.1, 0.15) is 5.75 Å². The molecule has 2 aromatic carbocycles. The van der Waals surface area contributed by atoms with Gasteiger partial charge in [-0.25, -0.2) is 9.50 Å². The average Bonchev–Trinajstić information content (AvgIpc) is 3.60. The first-order valence-electron chi connectivity index (χ1n) is 10.7. The van der Waals surface area contributed by atoms with E-state index in [1.165, 1.54) is 10.7 Å². The molecule has 2 N–H and O–H groups in total. The zero-order valence-electron chi connectivity index (χ0n) is 18.0. The third kappa shape index (κ3) is 5.24. The van der Waals surface area contributed by atoms with E-state index in [1.807, 2.05) is 0 Å². The number of fused-ring (bicyclic) bond motifs is 1. The van der Waals surface area contributed by atoms with Crippen molar-refractivity contribution in [1.82, 2.24) is 14.6 Å². The van der Waals surface area contributed by atoms with Gasteiger partial charge in [-0.15, -0.1) is 5.10 Å². The minimum absolute atomic E-state index is 0.00835. The Balaban J connectivity index is 1.27. The maximum Gasteiger partial charge on any atom is 0.416 e. The first-order valence-corrected chi connectivity index (χ1v) is 10.7. The summed E-state index contributed by atoms with van der Waals surface area (Å²) in [5, 5.41) is 9.70. The fraction of sp³-hybridized carbons (Fsp3) is 0.167. The number of benzene rings is 2. The van der Waals surface area contributed by atoms with Crippen molar-refractivity contribution in [3.8, 4) is 11.6 Å². The number of ether oxygens (including phenoxy) is 1. The molecule has 1 aliphatic rings. The van der Waals surface area contributed by atoms with Crippen LogP contribution in [0.15, 0.2) is 66.9 Å². The summed E-state index contributed by atoms with van der Waals surface area (Å²) in [5.74, 6) is 0.361. The van der Waals surface area contributed by atoms with Crippen LogP contribution in [-0.4, -0.2) is 26.4 Å². The smallest absolute Gasteiger partial charge is 0.416 e. The number of imidazole rings is 1. The van der Waals surface area contributed by atoms with Gasteiger partial charge in [0, 0.05) is 29.3 Å². The van der Waals surface area contributed by atoms with Gasteiger partial charge in [-0.05, 0) is 55.3 Å². The number of carbonyl (C=O) groups excluding carboxylic acids is 2.